The summed E-state index contributed by atoms with van der Waals surface area (Å²) < 4.78 is 15.8. The second-order valence-corrected chi connectivity index (χ2v) is 5.47. The van der Waals surface area contributed by atoms with Gasteiger partial charge in [-0.3, -0.25) is 4.79 Å². The molecule has 1 aromatic heterocycles. The van der Waals surface area contributed by atoms with E-state index in [-0.39, 0.29) is 12.5 Å². The molecule has 1 heterocycles. The minimum absolute atomic E-state index is 0.155. The number of amides is 1. The fourth-order valence-electron chi connectivity index (χ4n) is 2.24. The van der Waals surface area contributed by atoms with Crippen LogP contribution in [0.15, 0.2) is 59.1 Å². The predicted molar refractivity (Wildman–Crippen MR) is 94.0 cm³/mol. The third-order valence-electron chi connectivity index (χ3n) is 3.52. The molecular formula is C19H19N3O4. The van der Waals surface area contributed by atoms with Gasteiger partial charge in [-0.05, 0) is 30.3 Å². The van der Waals surface area contributed by atoms with Crippen LogP contribution in [0, 0.1) is 0 Å². The SMILES string of the molecule is COCCc1noc(CNC(=O)c2cccc(Oc3ccccc3)c2)n1. The Kier molecular flexibility index (Phi) is 5.95. The molecule has 1 amide bonds. The van der Waals surface area contributed by atoms with E-state index in [9.17, 15) is 4.79 Å². The first-order valence-corrected chi connectivity index (χ1v) is 8.16. The summed E-state index contributed by atoms with van der Waals surface area (Å²) in [5.41, 5.74) is 0.484. The van der Waals surface area contributed by atoms with Crippen molar-refractivity contribution in [1.82, 2.24) is 15.5 Å². The van der Waals surface area contributed by atoms with Crippen LogP contribution in [0.3, 0.4) is 0 Å². The van der Waals surface area contributed by atoms with Crippen LogP contribution in [0.5, 0.6) is 11.5 Å². The third kappa shape index (κ3) is 4.90. The molecule has 3 aromatic rings. The van der Waals surface area contributed by atoms with Gasteiger partial charge in [0.15, 0.2) is 5.82 Å². The highest BCUT2D eigenvalue weighted by Crippen LogP contribution is 2.21. The Morgan fingerprint density at radius 2 is 1.92 bits per heavy atom. The Morgan fingerprint density at radius 1 is 1.12 bits per heavy atom. The van der Waals surface area contributed by atoms with Gasteiger partial charge in [0.05, 0.1) is 13.2 Å². The molecule has 0 aliphatic heterocycles. The maximum absolute atomic E-state index is 12.3. The highest BCUT2D eigenvalue weighted by molar-refractivity contribution is 5.94. The normalized spacial score (nSPS) is 10.5. The molecule has 134 valence electrons. The fraction of sp³-hybridized carbons (Fsp3) is 0.211. The van der Waals surface area contributed by atoms with Crippen LogP contribution in [0.25, 0.3) is 0 Å². The van der Waals surface area contributed by atoms with E-state index in [1.165, 1.54) is 0 Å². The van der Waals surface area contributed by atoms with E-state index in [4.69, 9.17) is 14.0 Å². The largest absolute Gasteiger partial charge is 0.457 e. The minimum atomic E-state index is -0.250. The van der Waals surface area contributed by atoms with Crippen LogP contribution in [0.1, 0.15) is 22.1 Å². The molecule has 0 aliphatic rings. The third-order valence-corrected chi connectivity index (χ3v) is 3.52. The lowest BCUT2D eigenvalue weighted by Crippen LogP contribution is -2.22. The molecule has 0 bridgehead atoms. The lowest BCUT2D eigenvalue weighted by Gasteiger charge is -2.07. The maximum atomic E-state index is 12.3. The summed E-state index contributed by atoms with van der Waals surface area (Å²) in [6, 6.07) is 16.3. The van der Waals surface area contributed by atoms with Gasteiger partial charge in [-0.25, -0.2) is 0 Å². The molecule has 0 saturated heterocycles. The lowest BCUT2D eigenvalue weighted by atomic mass is 10.2. The van der Waals surface area contributed by atoms with E-state index < -0.39 is 0 Å². The Balaban J connectivity index is 1.57. The topological polar surface area (TPSA) is 86.5 Å². The number of hydrogen-bond donors (Lipinski definition) is 1. The van der Waals surface area contributed by atoms with Crippen molar-refractivity contribution in [3.05, 3.63) is 71.9 Å². The molecule has 2 aromatic carbocycles. The number of ether oxygens (including phenoxy) is 2. The average molecular weight is 353 g/mol. The molecule has 0 saturated carbocycles. The van der Waals surface area contributed by atoms with Gasteiger partial charge in [-0.15, -0.1) is 0 Å². The highest BCUT2D eigenvalue weighted by Gasteiger charge is 2.10. The number of benzene rings is 2. The zero-order chi connectivity index (χ0) is 18.2. The number of nitrogens with one attached hydrogen (secondary N) is 1. The van der Waals surface area contributed by atoms with Crippen molar-refractivity contribution in [2.45, 2.75) is 13.0 Å². The molecule has 7 heteroatoms. The van der Waals surface area contributed by atoms with E-state index in [0.717, 1.165) is 0 Å². The number of carbonyl (C=O) groups is 1. The molecule has 0 radical (unpaired) electrons. The van der Waals surface area contributed by atoms with E-state index in [2.05, 4.69) is 15.5 Å². The van der Waals surface area contributed by atoms with Crippen molar-refractivity contribution in [3.63, 3.8) is 0 Å². The lowest BCUT2D eigenvalue weighted by molar-refractivity contribution is 0.0946. The molecule has 1 N–H and O–H groups in total. The molecule has 0 spiro atoms. The van der Waals surface area contributed by atoms with Crippen LogP contribution in [0.4, 0.5) is 0 Å². The summed E-state index contributed by atoms with van der Waals surface area (Å²) in [6.45, 7) is 0.669. The first-order valence-electron chi connectivity index (χ1n) is 8.16. The van der Waals surface area contributed by atoms with Crippen molar-refractivity contribution in [2.24, 2.45) is 0 Å². The maximum Gasteiger partial charge on any atom is 0.251 e. The summed E-state index contributed by atoms with van der Waals surface area (Å²) in [4.78, 5) is 16.5. The zero-order valence-electron chi connectivity index (χ0n) is 14.3. The number of para-hydroxylation sites is 1. The van der Waals surface area contributed by atoms with Crippen LogP contribution in [0.2, 0.25) is 0 Å². The van der Waals surface area contributed by atoms with E-state index >= 15 is 0 Å². The van der Waals surface area contributed by atoms with Gasteiger partial charge in [0.1, 0.15) is 11.5 Å². The van der Waals surface area contributed by atoms with Gasteiger partial charge in [-0.1, -0.05) is 29.4 Å². The number of hydrogen-bond acceptors (Lipinski definition) is 6. The van der Waals surface area contributed by atoms with Crippen LogP contribution < -0.4 is 10.1 Å². The standard InChI is InChI=1S/C19H19N3O4/c1-24-11-10-17-21-18(26-22-17)13-20-19(23)14-6-5-9-16(12-14)25-15-7-3-2-4-8-15/h2-9,12H,10-11,13H2,1H3,(H,20,23). The smallest absolute Gasteiger partial charge is 0.251 e. The molecule has 7 nitrogen and oxygen atoms in total. The summed E-state index contributed by atoms with van der Waals surface area (Å²) in [5.74, 6) is 1.94. The van der Waals surface area contributed by atoms with Gasteiger partial charge in [0, 0.05) is 19.1 Å². The molecule has 3 rings (SSSR count). The second-order valence-electron chi connectivity index (χ2n) is 5.47. The van der Waals surface area contributed by atoms with Crippen LogP contribution >= 0.6 is 0 Å². The highest BCUT2D eigenvalue weighted by atomic mass is 16.5. The quantitative estimate of drug-likeness (QED) is 0.670. The molecule has 0 aliphatic carbocycles. The van der Waals surface area contributed by atoms with Crippen LogP contribution in [-0.2, 0) is 17.7 Å². The van der Waals surface area contributed by atoms with Crippen molar-refractivity contribution in [1.29, 1.82) is 0 Å². The van der Waals surface area contributed by atoms with Crippen molar-refractivity contribution < 1.29 is 18.8 Å². The first-order chi connectivity index (χ1) is 12.7. The Hall–Kier alpha value is -3.19. The Bertz CT molecular complexity index is 849. The van der Waals surface area contributed by atoms with Crippen LogP contribution in [-0.4, -0.2) is 29.8 Å². The summed E-state index contributed by atoms with van der Waals surface area (Å²) in [5, 5.41) is 6.58. The van der Waals surface area contributed by atoms with Crippen molar-refractivity contribution in [2.75, 3.05) is 13.7 Å². The van der Waals surface area contributed by atoms with E-state index in [0.29, 0.717) is 41.8 Å². The molecule has 0 unspecified atom stereocenters. The van der Waals surface area contributed by atoms with E-state index in [1.54, 1.807) is 31.4 Å². The molecule has 0 atom stereocenters. The summed E-state index contributed by atoms with van der Waals surface area (Å²) >= 11 is 0. The van der Waals surface area contributed by atoms with Gasteiger partial charge in [-0.2, -0.15) is 4.98 Å². The second kappa shape index (κ2) is 8.77. The van der Waals surface area contributed by atoms with Crippen molar-refractivity contribution >= 4 is 5.91 Å². The van der Waals surface area contributed by atoms with Gasteiger partial charge in [0.25, 0.3) is 5.91 Å². The monoisotopic (exact) mass is 353 g/mol. The molecular weight excluding hydrogens is 334 g/mol. The van der Waals surface area contributed by atoms with Gasteiger partial charge < -0.3 is 19.3 Å². The number of rotatable bonds is 8. The predicted octanol–water partition coefficient (Wildman–Crippen LogP) is 2.98. The Morgan fingerprint density at radius 3 is 2.73 bits per heavy atom. The van der Waals surface area contributed by atoms with E-state index in [1.807, 2.05) is 30.3 Å². The summed E-state index contributed by atoms with van der Waals surface area (Å²) in [6.07, 6.45) is 0.562. The Labute approximate surface area is 150 Å². The first kappa shape index (κ1) is 17.6. The fourth-order valence-corrected chi connectivity index (χ4v) is 2.24. The molecule has 0 fully saturated rings. The zero-order valence-corrected chi connectivity index (χ0v) is 14.3. The summed E-state index contributed by atoms with van der Waals surface area (Å²) in [7, 11) is 1.61. The number of carbonyl (C=O) groups excluding carboxylic acids is 1. The number of nitrogens with zero attached hydrogens (tertiary/aromatic N) is 2. The number of methoxy groups -OCH3 is 1. The average Bonchev–Trinajstić information content (AvgIpc) is 3.13. The number of aromatic nitrogens is 2. The van der Waals surface area contributed by atoms with Crippen molar-refractivity contribution in [3.8, 4) is 11.5 Å². The van der Waals surface area contributed by atoms with Gasteiger partial charge >= 0.3 is 0 Å². The molecule has 26 heavy (non-hydrogen) atoms. The minimum Gasteiger partial charge on any atom is -0.457 e. The van der Waals surface area contributed by atoms with Gasteiger partial charge in [0.2, 0.25) is 5.89 Å².